The highest BCUT2D eigenvalue weighted by atomic mass is 32.2. The van der Waals surface area contributed by atoms with Crippen molar-refractivity contribution in [2.75, 3.05) is 13.1 Å². The molecule has 1 aliphatic heterocycles. The van der Waals surface area contributed by atoms with Gasteiger partial charge in [-0.05, 0) is 42.5 Å². The number of sulfonamides is 1. The van der Waals surface area contributed by atoms with E-state index in [1.54, 1.807) is 17.5 Å². The maximum absolute atomic E-state index is 13.2. The van der Waals surface area contributed by atoms with E-state index >= 15 is 0 Å². The highest BCUT2D eigenvalue weighted by Gasteiger charge is 2.35. The fourth-order valence-electron chi connectivity index (χ4n) is 2.80. The predicted molar refractivity (Wildman–Crippen MR) is 90.0 cm³/mol. The van der Waals surface area contributed by atoms with Gasteiger partial charge in [-0.1, -0.05) is 12.1 Å². The molecular weight excluding hydrogens is 351 g/mol. The highest BCUT2D eigenvalue weighted by Crippen LogP contribution is 2.28. The topological polar surface area (TPSA) is 66.5 Å². The van der Waals surface area contributed by atoms with Crippen molar-refractivity contribution in [3.63, 3.8) is 0 Å². The summed E-state index contributed by atoms with van der Waals surface area (Å²) in [4.78, 5) is 12.1. The Kier molecular flexibility index (Phi) is 4.98. The van der Waals surface area contributed by atoms with Crippen LogP contribution in [0, 0.1) is 5.82 Å². The molecular formula is C16H17FN2O3S2. The summed E-state index contributed by atoms with van der Waals surface area (Å²) in [6, 6.07) is 8.41. The van der Waals surface area contributed by atoms with E-state index in [0.29, 0.717) is 17.2 Å². The van der Waals surface area contributed by atoms with Gasteiger partial charge in [0.15, 0.2) is 0 Å². The fourth-order valence-corrected chi connectivity index (χ4v) is 5.61. The van der Waals surface area contributed by atoms with Crippen LogP contribution in [0.1, 0.15) is 23.2 Å². The summed E-state index contributed by atoms with van der Waals surface area (Å²) in [6.07, 6.45) is 1.44. The molecule has 24 heavy (non-hydrogen) atoms. The Bertz CT molecular complexity index is 822. The largest absolute Gasteiger partial charge is 0.350 e. The highest BCUT2D eigenvalue weighted by molar-refractivity contribution is 7.91. The van der Waals surface area contributed by atoms with E-state index in [4.69, 9.17) is 0 Å². The lowest BCUT2D eigenvalue weighted by Gasteiger charge is -2.23. The molecule has 0 aliphatic carbocycles. The molecule has 0 spiro atoms. The van der Waals surface area contributed by atoms with Crippen LogP contribution in [0.3, 0.4) is 0 Å². The van der Waals surface area contributed by atoms with Crippen LogP contribution in [-0.2, 0) is 10.0 Å². The van der Waals surface area contributed by atoms with E-state index < -0.39 is 21.7 Å². The van der Waals surface area contributed by atoms with Crippen molar-refractivity contribution in [2.45, 2.75) is 23.1 Å². The minimum atomic E-state index is -3.52. The van der Waals surface area contributed by atoms with Gasteiger partial charge >= 0.3 is 0 Å². The van der Waals surface area contributed by atoms with Gasteiger partial charge in [0.2, 0.25) is 0 Å². The Morgan fingerprint density at radius 1 is 1.33 bits per heavy atom. The summed E-state index contributed by atoms with van der Waals surface area (Å²) in [5, 5.41) is 4.43. The quantitative estimate of drug-likeness (QED) is 0.882. The van der Waals surface area contributed by atoms with Crippen LogP contribution >= 0.6 is 11.3 Å². The number of nitrogens with one attached hydrogen (secondary N) is 1. The van der Waals surface area contributed by atoms with Crippen molar-refractivity contribution < 1.29 is 17.6 Å². The lowest BCUT2D eigenvalue weighted by Crippen LogP contribution is -2.42. The average molecular weight is 368 g/mol. The number of halogens is 1. The number of hydrogen-bond acceptors (Lipinski definition) is 4. The number of carbonyl (C=O) groups is 1. The first-order valence-electron chi connectivity index (χ1n) is 7.57. The standard InChI is InChI=1S/C16H17FN2O3S2/c17-13-5-1-4-12(10-13)16(20)18-11-14-6-2-8-19(14)24(21,22)15-7-3-9-23-15/h1,3-5,7,9-10,14H,2,6,8,11H2,(H,18,20)/t14-/m0/s1. The van der Waals surface area contributed by atoms with Gasteiger partial charge in [-0.15, -0.1) is 11.3 Å². The number of nitrogens with zero attached hydrogens (tertiary/aromatic N) is 1. The Labute approximate surface area is 144 Å². The number of amides is 1. The van der Waals surface area contributed by atoms with E-state index in [1.165, 1.54) is 33.8 Å². The van der Waals surface area contributed by atoms with Gasteiger partial charge in [-0.25, -0.2) is 12.8 Å². The number of benzene rings is 1. The summed E-state index contributed by atoms with van der Waals surface area (Å²) in [5.41, 5.74) is 0.223. The Balaban J connectivity index is 1.68. The van der Waals surface area contributed by atoms with Crippen molar-refractivity contribution >= 4 is 27.3 Å². The van der Waals surface area contributed by atoms with Gasteiger partial charge in [0.1, 0.15) is 10.0 Å². The molecule has 0 saturated carbocycles. The zero-order chi connectivity index (χ0) is 17.2. The second-order valence-electron chi connectivity index (χ2n) is 5.56. The molecule has 1 atom stereocenters. The molecule has 128 valence electrons. The maximum Gasteiger partial charge on any atom is 0.252 e. The third kappa shape index (κ3) is 3.50. The molecule has 2 aromatic rings. The van der Waals surface area contributed by atoms with Crippen LogP contribution in [0.2, 0.25) is 0 Å². The first-order valence-corrected chi connectivity index (χ1v) is 9.89. The number of hydrogen-bond donors (Lipinski definition) is 1. The smallest absolute Gasteiger partial charge is 0.252 e. The van der Waals surface area contributed by atoms with Gasteiger partial charge in [0, 0.05) is 24.7 Å². The third-order valence-electron chi connectivity index (χ3n) is 3.97. The molecule has 1 fully saturated rings. The molecule has 0 unspecified atom stereocenters. The normalized spacial score (nSPS) is 18.6. The van der Waals surface area contributed by atoms with Gasteiger partial charge in [-0.3, -0.25) is 4.79 Å². The lowest BCUT2D eigenvalue weighted by molar-refractivity contribution is 0.0946. The van der Waals surface area contributed by atoms with E-state index in [2.05, 4.69) is 5.32 Å². The van der Waals surface area contributed by atoms with Crippen molar-refractivity contribution in [1.82, 2.24) is 9.62 Å². The van der Waals surface area contributed by atoms with Crippen molar-refractivity contribution in [2.24, 2.45) is 0 Å². The molecule has 1 N–H and O–H groups in total. The Morgan fingerprint density at radius 2 is 2.17 bits per heavy atom. The van der Waals surface area contributed by atoms with E-state index in [0.717, 1.165) is 12.5 Å². The number of carbonyl (C=O) groups excluding carboxylic acids is 1. The molecule has 1 amide bonds. The van der Waals surface area contributed by atoms with E-state index in [9.17, 15) is 17.6 Å². The molecule has 1 saturated heterocycles. The number of thiophene rings is 1. The maximum atomic E-state index is 13.2. The van der Waals surface area contributed by atoms with Crippen molar-refractivity contribution in [3.05, 3.63) is 53.2 Å². The van der Waals surface area contributed by atoms with Crippen LogP contribution in [0.5, 0.6) is 0 Å². The molecule has 3 rings (SSSR count). The SMILES string of the molecule is O=C(NC[C@@H]1CCCN1S(=O)(=O)c1cccs1)c1cccc(F)c1. The first-order chi connectivity index (χ1) is 11.5. The first kappa shape index (κ1) is 17.1. The van der Waals surface area contributed by atoms with Crippen LogP contribution in [0.15, 0.2) is 46.0 Å². The van der Waals surface area contributed by atoms with Crippen molar-refractivity contribution in [1.29, 1.82) is 0 Å². The van der Waals surface area contributed by atoms with Gasteiger partial charge in [0.05, 0.1) is 0 Å². The summed E-state index contributed by atoms with van der Waals surface area (Å²) in [6.45, 7) is 0.653. The van der Waals surface area contributed by atoms with Crippen LogP contribution < -0.4 is 5.32 Å². The van der Waals surface area contributed by atoms with Gasteiger partial charge in [-0.2, -0.15) is 4.31 Å². The number of rotatable bonds is 5. The monoisotopic (exact) mass is 368 g/mol. The molecule has 0 bridgehead atoms. The zero-order valence-electron chi connectivity index (χ0n) is 12.8. The van der Waals surface area contributed by atoms with Crippen LogP contribution in [0.4, 0.5) is 4.39 Å². The summed E-state index contributed by atoms with van der Waals surface area (Å²) < 4.78 is 40.2. The second-order valence-corrected chi connectivity index (χ2v) is 8.63. The van der Waals surface area contributed by atoms with Crippen LogP contribution in [-0.4, -0.2) is 37.8 Å². The Hall–Kier alpha value is -1.77. The molecule has 1 aromatic heterocycles. The van der Waals surface area contributed by atoms with Gasteiger partial charge < -0.3 is 5.32 Å². The average Bonchev–Trinajstić information content (AvgIpc) is 3.24. The van der Waals surface area contributed by atoms with E-state index in [-0.39, 0.29) is 18.2 Å². The lowest BCUT2D eigenvalue weighted by atomic mass is 10.2. The molecule has 5 nitrogen and oxygen atoms in total. The summed E-state index contributed by atoms with van der Waals surface area (Å²) in [5.74, 6) is -0.889. The van der Waals surface area contributed by atoms with Gasteiger partial charge in [0.25, 0.3) is 15.9 Å². The molecule has 8 heteroatoms. The molecule has 0 radical (unpaired) electrons. The molecule has 2 heterocycles. The molecule has 1 aromatic carbocycles. The zero-order valence-corrected chi connectivity index (χ0v) is 14.4. The Morgan fingerprint density at radius 3 is 2.88 bits per heavy atom. The minimum Gasteiger partial charge on any atom is -0.350 e. The minimum absolute atomic E-state index is 0.208. The summed E-state index contributed by atoms with van der Waals surface area (Å²) in [7, 11) is -3.52. The summed E-state index contributed by atoms with van der Waals surface area (Å²) >= 11 is 1.18. The van der Waals surface area contributed by atoms with E-state index in [1.807, 2.05) is 0 Å². The van der Waals surface area contributed by atoms with Crippen molar-refractivity contribution in [3.8, 4) is 0 Å². The predicted octanol–water partition coefficient (Wildman–Crippen LogP) is 2.47. The third-order valence-corrected chi connectivity index (χ3v) is 7.29. The van der Waals surface area contributed by atoms with Crippen LogP contribution in [0.25, 0.3) is 0 Å². The fraction of sp³-hybridized carbons (Fsp3) is 0.312. The second kappa shape index (κ2) is 7.00. The molecule has 1 aliphatic rings.